The van der Waals surface area contributed by atoms with Crippen molar-refractivity contribution in [2.75, 3.05) is 26.2 Å². The van der Waals surface area contributed by atoms with Crippen LogP contribution in [0.5, 0.6) is 0 Å². The van der Waals surface area contributed by atoms with Crippen LogP contribution in [0.2, 0.25) is 0 Å². The van der Waals surface area contributed by atoms with E-state index in [1.165, 1.54) is 6.26 Å². The molecule has 1 fully saturated rings. The molecule has 0 radical (unpaired) electrons. The fourth-order valence-corrected chi connectivity index (χ4v) is 2.05. The molecule has 0 spiro atoms. The van der Waals surface area contributed by atoms with Gasteiger partial charge >= 0.3 is 0 Å². The molecule has 6 heteroatoms. The lowest BCUT2D eigenvalue weighted by atomic mass is 10.2. The lowest BCUT2D eigenvalue weighted by Gasteiger charge is -2.36. The molecule has 1 atom stereocenters. The SMILES string of the molecule is C[C@H](C(N)=O)N1CCN(C(=O)c2ccco2)CC1. The third-order valence-corrected chi connectivity index (χ3v) is 3.29. The van der Waals surface area contributed by atoms with Crippen molar-refractivity contribution in [2.45, 2.75) is 13.0 Å². The Kier molecular flexibility index (Phi) is 3.66. The number of hydrogen-bond donors (Lipinski definition) is 1. The molecule has 18 heavy (non-hydrogen) atoms. The van der Waals surface area contributed by atoms with Gasteiger partial charge in [0.2, 0.25) is 5.91 Å². The van der Waals surface area contributed by atoms with Gasteiger partial charge in [0.05, 0.1) is 12.3 Å². The Bertz CT molecular complexity index is 422. The van der Waals surface area contributed by atoms with Crippen molar-refractivity contribution in [3.05, 3.63) is 24.2 Å². The minimum atomic E-state index is -0.333. The number of primary amides is 1. The van der Waals surface area contributed by atoms with Crippen LogP contribution in [0.4, 0.5) is 0 Å². The highest BCUT2D eigenvalue weighted by molar-refractivity contribution is 5.91. The maximum absolute atomic E-state index is 12.0. The van der Waals surface area contributed by atoms with Crippen LogP contribution in [0, 0.1) is 0 Å². The van der Waals surface area contributed by atoms with E-state index in [4.69, 9.17) is 10.2 Å². The predicted octanol–water partition coefficient (Wildman–Crippen LogP) is -0.0888. The summed E-state index contributed by atoms with van der Waals surface area (Å²) in [7, 11) is 0. The molecule has 1 aliphatic rings. The molecule has 1 saturated heterocycles. The average molecular weight is 251 g/mol. The zero-order valence-corrected chi connectivity index (χ0v) is 10.3. The van der Waals surface area contributed by atoms with Crippen LogP contribution in [-0.4, -0.2) is 53.8 Å². The molecule has 0 bridgehead atoms. The number of nitrogens with two attached hydrogens (primary N) is 1. The Morgan fingerprint density at radius 1 is 1.33 bits per heavy atom. The van der Waals surface area contributed by atoms with Gasteiger partial charge in [-0.1, -0.05) is 0 Å². The summed E-state index contributed by atoms with van der Waals surface area (Å²) in [5, 5.41) is 0. The zero-order chi connectivity index (χ0) is 13.1. The highest BCUT2D eigenvalue weighted by Gasteiger charge is 2.27. The first kappa shape index (κ1) is 12.6. The average Bonchev–Trinajstić information content (AvgIpc) is 2.91. The molecule has 0 saturated carbocycles. The van der Waals surface area contributed by atoms with Gasteiger partial charge in [-0.05, 0) is 19.1 Å². The number of carbonyl (C=O) groups excluding carboxylic acids is 2. The van der Waals surface area contributed by atoms with Crippen molar-refractivity contribution in [3.63, 3.8) is 0 Å². The van der Waals surface area contributed by atoms with E-state index in [0.29, 0.717) is 31.9 Å². The van der Waals surface area contributed by atoms with Gasteiger partial charge in [-0.25, -0.2) is 0 Å². The van der Waals surface area contributed by atoms with E-state index in [9.17, 15) is 9.59 Å². The van der Waals surface area contributed by atoms with E-state index >= 15 is 0 Å². The third-order valence-electron chi connectivity index (χ3n) is 3.29. The van der Waals surface area contributed by atoms with Gasteiger partial charge in [0.1, 0.15) is 0 Å². The van der Waals surface area contributed by atoms with Crippen molar-refractivity contribution in [3.8, 4) is 0 Å². The second kappa shape index (κ2) is 5.22. The van der Waals surface area contributed by atoms with E-state index in [1.54, 1.807) is 24.0 Å². The number of carbonyl (C=O) groups is 2. The van der Waals surface area contributed by atoms with Crippen LogP contribution >= 0.6 is 0 Å². The lowest BCUT2D eigenvalue weighted by molar-refractivity contribution is -0.123. The van der Waals surface area contributed by atoms with Crippen LogP contribution in [0.25, 0.3) is 0 Å². The van der Waals surface area contributed by atoms with Crippen LogP contribution in [0.1, 0.15) is 17.5 Å². The summed E-state index contributed by atoms with van der Waals surface area (Å²) >= 11 is 0. The third kappa shape index (κ3) is 2.53. The Balaban J connectivity index is 1.91. The second-order valence-corrected chi connectivity index (χ2v) is 4.38. The molecule has 0 aliphatic carbocycles. The highest BCUT2D eigenvalue weighted by atomic mass is 16.3. The first-order valence-electron chi connectivity index (χ1n) is 5.95. The van der Waals surface area contributed by atoms with Gasteiger partial charge in [-0.15, -0.1) is 0 Å². The van der Waals surface area contributed by atoms with E-state index in [2.05, 4.69) is 0 Å². The standard InChI is InChI=1S/C12H17N3O3/c1-9(11(13)16)14-4-6-15(7-5-14)12(17)10-3-2-8-18-10/h2-3,8-9H,4-7H2,1H3,(H2,13,16)/t9-/m1/s1. The number of piperazine rings is 1. The molecule has 1 aromatic heterocycles. The monoisotopic (exact) mass is 251 g/mol. The van der Waals surface area contributed by atoms with Gasteiger partial charge in [0.25, 0.3) is 5.91 Å². The first-order chi connectivity index (χ1) is 8.59. The smallest absolute Gasteiger partial charge is 0.289 e. The van der Waals surface area contributed by atoms with Crippen LogP contribution in [-0.2, 0) is 4.79 Å². The number of nitrogens with zero attached hydrogens (tertiary/aromatic N) is 2. The van der Waals surface area contributed by atoms with Crippen LogP contribution in [0.15, 0.2) is 22.8 Å². The number of amides is 2. The van der Waals surface area contributed by atoms with Gasteiger partial charge in [0, 0.05) is 26.2 Å². The van der Waals surface area contributed by atoms with Crippen molar-refractivity contribution >= 4 is 11.8 Å². The van der Waals surface area contributed by atoms with Gasteiger partial charge in [0.15, 0.2) is 5.76 Å². The van der Waals surface area contributed by atoms with Crippen LogP contribution in [0.3, 0.4) is 0 Å². The molecular weight excluding hydrogens is 234 g/mol. The largest absolute Gasteiger partial charge is 0.459 e. The Hall–Kier alpha value is -1.82. The van der Waals surface area contributed by atoms with Gasteiger partial charge in [-0.3, -0.25) is 14.5 Å². The molecule has 0 unspecified atom stereocenters. The summed E-state index contributed by atoms with van der Waals surface area (Å²) in [5.41, 5.74) is 5.26. The molecule has 2 heterocycles. The maximum atomic E-state index is 12.0. The Labute approximate surface area is 105 Å². The molecule has 2 amide bonds. The minimum Gasteiger partial charge on any atom is -0.459 e. The van der Waals surface area contributed by atoms with Gasteiger partial charge in [-0.2, -0.15) is 0 Å². The van der Waals surface area contributed by atoms with E-state index < -0.39 is 0 Å². The van der Waals surface area contributed by atoms with Crippen molar-refractivity contribution in [1.29, 1.82) is 0 Å². The quantitative estimate of drug-likeness (QED) is 0.814. The molecule has 1 aromatic rings. The minimum absolute atomic E-state index is 0.105. The number of rotatable bonds is 3. The molecule has 6 nitrogen and oxygen atoms in total. The zero-order valence-electron chi connectivity index (χ0n) is 10.3. The Morgan fingerprint density at radius 2 is 2.00 bits per heavy atom. The Morgan fingerprint density at radius 3 is 2.50 bits per heavy atom. The molecular formula is C12H17N3O3. The van der Waals surface area contributed by atoms with E-state index in [0.717, 1.165) is 0 Å². The number of hydrogen-bond acceptors (Lipinski definition) is 4. The summed E-state index contributed by atoms with van der Waals surface area (Å²) in [6.45, 7) is 4.24. The topological polar surface area (TPSA) is 79.8 Å². The second-order valence-electron chi connectivity index (χ2n) is 4.38. The van der Waals surface area contributed by atoms with Crippen molar-refractivity contribution in [2.24, 2.45) is 5.73 Å². The molecule has 0 aromatic carbocycles. The number of furan rings is 1. The summed E-state index contributed by atoms with van der Waals surface area (Å²) in [4.78, 5) is 26.8. The van der Waals surface area contributed by atoms with Crippen molar-refractivity contribution in [1.82, 2.24) is 9.80 Å². The molecule has 2 N–H and O–H groups in total. The first-order valence-corrected chi connectivity index (χ1v) is 5.95. The van der Waals surface area contributed by atoms with Crippen molar-refractivity contribution < 1.29 is 14.0 Å². The summed E-state index contributed by atoms with van der Waals surface area (Å²) in [6.07, 6.45) is 1.48. The summed E-state index contributed by atoms with van der Waals surface area (Å²) in [5.74, 6) is -0.0846. The van der Waals surface area contributed by atoms with E-state index in [1.807, 2.05) is 4.90 Å². The molecule has 1 aliphatic heterocycles. The van der Waals surface area contributed by atoms with E-state index in [-0.39, 0.29) is 17.9 Å². The highest BCUT2D eigenvalue weighted by Crippen LogP contribution is 2.11. The normalized spacial score (nSPS) is 18.6. The van der Waals surface area contributed by atoms with Gasteiger partial charge < -0.3 is 15.1 Å². The fraction of sp³-hybridized carbons (Fsp3) is 0.500. The lowest BCUT2D eigenvalue weighted by Crippen LogP contribution is -2.54. The fourth-order valence-electron chi connectivity index (χ4n) is 2.05. The summed E-state index contributed by atoms with van der Waals surface area (Å²) < 4.78 is 5.08. The molecule has 98 valence electrons. The summed E-state index contributed by atoms with van der Waals surface area (Å²) in [6, 6.07) is 3.06. The van der Waals surface area contributed by atoms with Crippen LogP contribution < -0.4 is 5.73 Å². The maximum Gasteiger partial charge on any atom is 0.289 e. The predicted molar refractivity (Wildman–Crippen MR) is 64.8 cm³/mol. The molecule has 2 rings (SSSR count).